The summed E-state index contributed by atoms with van der Waals surface area (Å²) in [6, 6.07) is 9.35. The van der Waals surface area contributed by atoms with Crippen LogP contribution in [0, 0.1) is 0 Å². The Kier molecular flexibility index (Phi) is 5.74. The molecule has 1 amide bonds. The Hall–Kier alpha value is -2.83. The van der Waals surface area contributed by atoms with Gasteiger partial charge in [0.25, 0.3) is 5.91 Å². The van der Waals surface area contributed by atoms with Crippen molar-refractivity contribution in [1.82, 2.24) is 10.4 Å². The van der Waals surface area contributed by atoms with Crippen molar-refractivity contribution in [3.8, 4) is 5.75 Å². The van der Waals surface area contributed by atoms with Gasteiger partial charge in [0.1, 0.15) is 5.75 Å². The van der Waals surface area contributed by atoms with E-state index in [0.717, 1.165) is 0 Å². The average Bonchev–Trinajstić information content (AvgIpc) is 2.57. The third-order valence-electron chi connectivity index (χ3n) is 2.96. The highest BCUT2D eigenvalue weighted by Gasteiger charge is 2.08. The van der Waals surface area contributed by atoms with Crippen LogP contribution in [0.3, 0.4) is 0 Å². The van der Waals surface area contributed by atoms with E-state index in [1.165, 1.54) is 18.3 Å². The zero-order valence-electron chi connectivity index (χ0n) is 12.4. The maximum absolute atomic E-state index is 12.1. The summed E-state index contributed by atoms with van der Waals surface area (Å²) >= 11 is 0. The number of ether oxygens (including phenoxy) is 1. The lowest BCUT2D eigenvalue weighted by atomic mass is 10.1. The smallest absolute Gasteiger partial charge is 0.387 e. The number of hydrogen-bond acceptors (Lipinski definition) is 4. The van der Waals surface area contributed by atoms with Gasteiger partial charge in [0.15, 0.2) is 0 Å². The first kappa shape index (κ1) is 16.5. The summed E-state index contributed by atoms with van der Waals surface area (Å²) in [5, 5.41) is 4.08. The average molecular weight is 319 g/mol. The van der Waals surface area contributed by atoms with Gasteiger partial charge in [-0.15, -0.1) is 0 Å². The molecule has 0 aliphatic rings. The van der Waals surface area contributed by atoms with Crippen LogP contribution in [0.5, 0.6) is 5.75 Å². The largest absolute Gasteiger partial charge is 0.435 e. The number of hydrazone groups is 1. The van der Waals surface area contributed by atoms with E-state index in [1.54, 1.807) is 30.5 Å². The zero-order valence-corrected chi connectivity index (χ0v) is 12.4. The van der Waals surface area contributed by atoms with E-state index >= 15 is 0 Å². The van der Waals surface area contributed by atoms with Crippen molar-refractivity contribution >= 4 is 11.6 Å². The fraction of sp³-hybridized carbons (Fsp3) is 0.188. The molecule has 0 radical (unpaired) electrons. The summed E-state index contributed by atoms with van der Waals surface area (Å²) in [6.45, 7) is -0.988. The number of alkyl halides is 2. The second kappa shape index (κ2) is 7.98. The second-order valence-corrected chi connectivity index (χ2v) is 4.50. The molecule has 0 saturated heterocycles. The van der Waals surface area contributed by atoms with Gasteiger partial charge in [0.05, 0.1) is 11.3 Å². The molecule has 0 atom stereocenters. The maximum atomic E-state index is 12.1. The molecule has 0 saturated carbocycles. The summed E-state index contributed by atoms with van der Waals surface area (Å²) in [6.07, 6.45) is 3.57. The van der Waals surface area contributed by atoms with Crippen LogP contribution in [0.1, 0.15) is 29.3 Å². The van der Waals surface area contributed by atoms with E-state index in [9.17, 15) is 13.6 Å². The third-order valence-corrected chi connectivity index (χ3v) is 2.96. The van der Waals surface area contributed by atoms with Crippen molar-refractivity contribution in [2.24, 2.45) is 5.10 Å². The number of carbonyl (C=O) groups is 1. The first-order valence-corrected chi connectivity index (χ1v) is 6.92. The number of halogens is 2. The van der Waals surface area contributed by atoms with Gasteiger partial charge in [-0.1, -0.05) is 6.92 Å². The third kappa shape index (κ3) is 4.84. The molecule has 0 bridgehead atoms. The number of nitrogens with zero attached hydrogens (tertiary/aromatic N) is 2. The number of aromatic nitrogens is 1. The molecule has 1 N–H and O–H groups in total. The van der Waals surface area contributed by atoms with Crippen molar-refractivity contribution in [2.45, 2.75) is 20.0 Å². The molecule has 120 valence electrons. The fourth-order valence-corrected chi connectivity index (χ4v) is 1.86. The van der Waals surface area contributed by atoms with Crippen LogP contribution in [0.15, 0.2) is 53.9 Å². The molecule has 1 aromatic carbocycles. The minimum atomic E-state index is -2.86. The molecule has 0 unspecified atom stereocenters. The highest BCUT2D eigenvalue weighted by Crippen LogP contribution is 2.16. The predicted octanol–water partition coefficient (Wildman–Crippen LogP) is 3.23. The van der Waals surface area contributed by atoms with Crippen LogP contribution in [-0.4, -0.2) is 23.2 Å². The molecule has 1 aromatic heterocycles. The summed E-state index contributed by atoms with van der Waals surface area (Å²) < 4.78 is 28.5. The molecular weight excluding hydrogens is 304 g/mol. The molecule has 0 fully saturated rings. The van der Waals surface area contributed by atoms with Gasteiger partial charge in [-0.05, 0) is 48.4 Å². The van der Waals surface area contributed by atoms with E-state index in [-0.39, 0.29) is 11.7 Å². The Morgan fingerprint density at radius 1 is 1.26 bits per heavy atom. The molecule has 5 nitrogen and oxygen atoms in total. The van der Waals surface area contributed by atoms with Gasteiger partial charge >= 0.3 is 6.61 Å². The van der Waals surface area contributed by atoms with Crippen molar-refractivity contribution in [3.63, 3.8) is 0 Å². The van der Waals surface area contributed by atoms with Crippen molar-refractivity contribution < 1.29 is 18.3 Å². The number of benzene rings is 1. The summed E-state index contributed by atoms with van der Waals surface area (Å²) in [4.78, 5) is 15.8. The molecule has 0 spiro atoms. The minimum Gasteiger partial charge on any atom is -0.435 e. The molecule has 2 aromatic rings. The molecule has 23 heavy (non-hydrogen) atoms. The summed E-state index contributed by atoms with van der Waals surface area (Å²) in [5.74, 6) is -0.305. The molecule has 1 heterocycles. The molecule has 7 heteroatoms. The quantitative estimate of drug-likeness (QED) is 0.657. The lowest BCUT2D eigenvalue weighted by Gasteiger charge is -2.07. The topological polar surface area (TPSA) is 63.6 Å². The monoisotopic (exact) mass is 319 g/mol. The zero-order chi connectivity index (χ0) is 16.7. The molecule has 2 rings (SSSR count). The van der Waals surface area contributed by atoms with Crippen molar-refractivity contribution in [2.75, 3.05) is 0 Å². The standard InChI is InChI=1S/C16H15F2N3O2/c1-2-14(11-5-7-13(8-6-11)23-16(17)18)20-21-15(22)12-4-3-9-19-10-12/h3-10,16H,2H2,1H3,(H,21,22)/b20-14+. The fourth-order valence-electron chi connectivity index (χ4n) is 1.86. The summed E-state index contributed by atoms with van der Waals surface area (Å²) in [5.41, 5.74) is 4.17. The Labute approximate surface area is 132 Å². The first-order valence-electron chi connectivity index (χ1n) is 6.92. The van der Waals surface area contributed by atoms with E-state index < -0.39 is 6.61 Å². The van der Waals surface area contributed by atoms with Gasteiger partial charge in [-0.25, -0.2) is 5.43 Å². The lowest BCUT2D eigenvalue weighted by molar-refractivity contribution is -0.0498. The van der Waals surface area contributed by atoms with E-state index in [0.29, 0.717) is 23.3 Å². The van der Waals surface area contributed by atoms with Crippen LogP contribution < -0.4 is 10.2 Å². The molecular formula is C16H15F2N3O2. The summed E-state index contributed by atoms with van der Waals surface area (Å²) in [7, 11) is 0. The van der Waals surface area contributed by atoms with Crippen LogP contribution in [-0.2, 0) is 0 Å². The Morgan fingerprint density at radius 2 is 2.00 bits per heavy atom. The number of carbonyl (C=O) groups excluding carboxylic acids is 1. The Balaban J connectivity index is 2.08. The van der Waals surface area contributed by atoms with Crippen LogP contribution in [0.4, 0.5) is 8.78 Å². The van der Waals surface area contributed by atoms with Crippen LogP contribution in [0.2, 0.25) is 0 Å². The van der Waals surface area contributed by atoms with Crippen molar-refractivity contribution in [1.29, 1.82) is 0 Å². The first-order chi connectivity index (χ1) is 11.1. The van der Waals surface area contributed by atoms with Gasteiger partial charge in [-0.2, -0.15) is 13.9 Å². The molecule has 0 aliphatic carbocycles. The van der Waals surface area contributed by atoms with E-state index in [4.69, 9.17) is 0 Å². The van der Waals surface area contributed by atoms with Crippen LogP contribution >= 0.6 is 0 Å². The lowest BCUT2D eigenvalue weighted by Crippen LogP contribution is -2.20. The van der Waals surface area contributed by atoms with E-state index in [1.807, 2.05) is 6.92 Å². The molecule has 0 aliphatic heterocycles. The predicted molar refractivity (Wildman–Crippen MR) is 81.6 cm³/mol. The number of nitrogens with one attached hydrogen (secondary N) is 1. The van der Waals surface area contributed by atoms with Crippen molar-refractivity contribution in [3.05, 3.63) is 59.9 Å². The van der Waals surface area contributed by atoms with Crippen LogP contribution in [0.25, 0.3) is 0 Å². The van der Waals surface area contributed by atoms with Gasteiger partial charge in [0.2, 0.25) is 0 Å². The Morgan fingerprint density at radius 3 is 2.57 bits per heavy atom. The maximum Gasteiger partial charge on any atom is 0.387 e. The van der Waals surface area contributed by atoms with Gasteiger partial charge in [0, 0.05) is 12.4 Å². The highest BCUT2D eigenvalue weighted by atomic mass is 19.3. The number of amides is 1. The van der Waals surface area contributed by atoms with E-state index in [2.05, 4.69) is 20.2 Å². The second-order valence-electron chi connectivity index (χ2n) is 4.50. The highest BCUT2D eigenvalue weighted by molar-refractivity contribution is 6.02. The van der Waals surface area contributed by atoms with Gasteiger partial charge < -0.3 is 4.74 Å². The number of rotatable bonds is 6. The number of hydrogen-bond donors (Lipinski definition) is 1. The minimum absolute atomic E-state index is 0.0681. The Bertz CT molecular complexity index is 673. The SMILES string of the molecule is CC/C(=N\NC(=O)c1cccnc1)c1ccc(OC(F)F)cc1. The normalized spacial score (nSPS) is 11.4. The van der Waals surface area contributed by atoms with Gasteiger partial charge in [-0.3, -0.25) is 9.78 Å². The number of pyridine rings is 1.